The Balaban J connectivity index is 1.54. The van der Waals surface area contributed by atoms with Crippen molar-refractivity contribution in [2.75, 3.05) is 18.8 Å². The van der Waals surface area contributed by atoms with Crippen molar-refractivity contribution in [2.24, 2.45) is 0 Å². The fourth-order valence-corrected chi connectivity index (χ4v) is 2.34. The Kier molecular flexibility index (Phi) is 3.73. The molecule has 0 bridgehead atoms. The van der Waals surface area contributed by atoms with Crippen molar-refractivity contribution in [3.8, 4) is 5.75 Å². The van der Waals surface area contributed by atoms with Crippen molar-refractivity contribution < 1.29 is 4.74 Å². The van der Waals surface area contributed by atoms with Gasteiger partial charge in [-0.2, -0.15) is 0 Å². The molecule has 1 aliphatic rings. The van der Waals surface area contributed by atoms with E-state index in [0.29, 0.717) is 12.4 Å². The topological polar surface area (TPSA) is 77.2 Å². The summed E-state index contributed by atoms with van der Waals surface area (Å²) < 4.78 is 5.90. The first-order valence-electron chi connectivity index (χ1n) is 6.66. The third kappa shape index (κ3) is 3.21. The lowest BCUT2D eigenvalue weighted by atomic mass is 10.3. The van der Waals surface area contributed by atoms with Crippen LogP contribution in [0.15, 0.2) is 36.8 Å². The normalized spacial score (nSPS) is 19.1. The molecule has 1 fully saturated rings. The van der Waals surface area contributed by atoms with E-state index in [4.69, 9.17) is 10.5 Å². The molecule has 1 atom stereocenters. The third-order valence-corrected chi connectivity index (χ3v) is 3.26. The van der Waals surface area contributed by atoms with Crippen molar-refractivity contribution in [1.29, 1.82) is 0 Å². The van der Waals surface area contributed by atoms with E-state index in [9.17, 15) is 0 Å². The molecule has 20 heavy (non-hydrogen) atoms. The van der Waals surface area contributed by atoms with Crippen molar-refractivity contribution in [1.82, 2.24) is 19.9 Å². The number of anilines is 1. The zero-order chi connectivity index (χ0) is 13.8. The summed E-state index contributed by atoms with van der Waals surface area (Å²) in [6.07, 6.45) is 6.36. The maximum atomic E-state index is 5.90. The average molecular weight is 271 g/mol. The summed E-state index contributed by atoms with van der Waals surface area (Å²) in [5, 5.41) is 0. The van der Waals surface area contributed by atoms with Crippen LogP contribution in [0.5, 0.6) is 5.75 Å². The molecule has 104 valence electrons. The molecule has 2 aromatic heterocycles. The number of aromatic nitrogens is 3. The Hall–Kier alpha value is -2.21. The minimum atomic E-state index is 0.195. The summed E-state index contributed by atoms with van der Waals surface area (Å²) in [5.41, 5.74) is 5.66. The van der Waals surface area contributed by atoms with Crippen LogP contribution in [0.4, 0.5) is 5.82 Å². The number of nitrogens with zero attached hydrogens (tertiary/aromatic N) is 4. The van der Waals surface area contributed by atoms with Crippen LogP contribution in [0.25, 0.3) is 0 Å². The molecule has 3 heterocycles. The smallest absolute Gasteiger partial charge is 0.144 e. The molecule has 0 radical (unpaired) electrons. The van der Waals surface area contributed by atoms with Gasteiger partial charge in [0.05, 0.1) is 12.7 Å². The van der Waals surface area contributed by atoms with Crippen molar-refractivity contribution in [3.05, 3.63) is 42.6 Å². The largest absolute Gasteiger partial charge is 0.487 e. The van der Waals surface area contributed by atoms with Gasteiger partial charge >= 0.3 is 0 Å². The first-order chi connectivity index (χ1) is 9.79. The summed E-state index contributed by atoms with van der Waals surface area (Å²) in [6.45, 7) is 2.55. The zero-order valence-corrected chi connectivity index (χ0v) is 11.1. The molecule has 0 aromatic carbocycles. The quantitative estimate of drug-likeness (QED) is 0.897. The first kappa shape index (κ1) is 12.8. The van der Waals surface area contributed by atoms with Gasteiger partial charge in [-0.05, 0) is 24.6 Å². The number of rotatable bonds is 4. The van der Waals surface area contributed by atoms with Gasteiger partial charge in [-0.15, -0.1) is 0 Å². The van der Waals surface area contributed by atoms with Crippen LogP contribution in [0.3, 0.4) is 0 Å². The summed E-state index contributed by atoms with van der Waals surface area (Å²) >= 11 is 0. The predicted octanol–water partition coefficient (Wildman–Crippen LogP) is 1.11. The van der Waals surface area contributed by atoms with Crippen LogP contribution in [0.1, 0.15) is 12.2 Å². The Bertz CT molecular complexity index is 563. The van der Waals surface area contributed by atoms with Gasteiger partial charge in [0.25, 0.3) is 0 Å². The fourth-order valence-electron chi connectivity index (χ4n) is 2.34. The lowest BCUT2D eigenvalue weighted by Crippen LogP contribution is -2.25. The molecule has 1 saturated heterocycles. The van der Waals surface area contributed by atoms with E-state index in [1.165, 1.54) is 0 Å². The fraction of sp³-hybridized carbons (Fsp3) is 0.357. The first-order valence-corrected chi connectivity index (χ1v) is 6.66. The molecule has 2 N–H and O–H groups in total. The molecule has 0 amide bonds. The van der Waals surface area contributed by atoms with Crippen LogP contribution in [0, 0.1) is 0 Å². The minimum absolute atomic E-state index is 0.195. The van der Waals surface area contributed by atoms with Gasteiger partial charge in [-0.25, -0.2) is 9.97 Å². The average Bonchev–Trinajstić information content (AvgIpc) is 2.87. The predicted molar refractivity (Wildman–Crippen MR) is 75.0 cm³/mol. The van der Waals surface area contributed by atoms with Gasteiger partial charge in [-0.1, -0.05) is 0 Å². The molecule has 0 spiro atoms. The summed E-state index contributed by atoms with van der Waals surface area (Å²) in [5.74, 6) is 2.09. The van der Waals surface area contributed by atoms with Gasteiger partial charge in [0.2, 0.25) is 0 Å². The molecule has 0 saturated carbocycles. The zero-order valence-electron chi connectivity index (χ0n) is 11.1. The van der Waals surface area contributed by atoms with Crippen molar-refractivity contribution in [2.45, 2.75) is 19.1 Å². The lowest BCUT2D eigenvalue weighted by Gasteiger charge is -2.16. The van der Waals surface area contributed by atoms with Crippen LogP contribution in [-0.4, -0.2) is 39.0 Å². The van der Waals surface area contributed by atoms with Gasteiger partial charge in [0.15, 0.2) is 0 Å². The minimum Gasteiger partial charge on any atom is -0.487 e. The van der Waals surface area contributed by atoms with E-state index in [2.05, 4.69) is 19.9 Å². The molecule has 1 aliphatic heterocycles. The second kappa shape index (κ2) is 5.83. The SMILES string of the molecule is Nc1ccnc(CN2CCC(Oc3cccnc3)C2)n1. The second-order valence-electron chi connectivity index (χ2n) is 4.85. The monoisotopic (exact) mass is 271 g/mol. The van der Waals surface area contributed by atoms with Gasteiger partial charge in [0, 0.05) is 25.5 Å². The van der Waals surface area contributed by atoms with E-state index < -0.39 is 0 Å². The highest BCUT2D eigenvalue weighted by Gasteiger charge is 2.24. The Labute approximate surface area is 117 Å². The molecule has 6 heteroatoms. The maximum Gasteiger partial charge on any atom is 0.144 e. The molecule has 3 rings (SSSR count). The Morgan fingerprint density at radius 1 is 1.35 bits per heavy atom. The number of likely N-dealkylation sites (tertiary alicyclic amines) is 1. The molecular formula is C14H17N5O. The van der Waals surface area contributed by atoms with Crippen molar-refractivity contribution >= 4 is 5.82 Å². The Morgan fingerprint density at radius 3 is 3.10 bits per heavy atom. The molecule has 0 aliphatic carbocycles. The lowest BCUT2D eigenvalue weighted by molar-refractivity contribution is 0.196. The molecule has 6 nitrogen and oxygen atoms in total. The van der Waals surface area contributed by atoms with Crippen LogP contribution in [0.2, 0.25) is 0 Å². The summed E-state index contributed by atoms with van der Waals surface area (Å²) in [7, 11) is 0. The standard InChI is InChI=1S/C14H17N5O/c15-13-3-6-17-14(18-13)10-19-7-4-12(9-19)20-11-2-1-5-16-8-11/h1-3,5-6,8,12H,4,7,9-10H2,(H2,15,17,18). The maximum absolute atomic E-state index is 5.90. The molecular weight excluding hydrogens is 254 g/mol. The summed E-state index contributed by atoms with van der Waals surface area (Å²) in [6, 6.07) is 5.50. The number of hydrogen-bond acceptors (Lipinski definition) is 6. The van der Waals surface area contributed by atoms with E-state index in [-0.39, 0.29) is 6.10 Å². The highest BCUT2D eigenvalue weighted by molar-refractivity contribution is 5.25. The summed E-state index contributed by atoms with van der Waals surface area (Å²) in [4.78, 5) is 14.8. The van der Waals surface area contributed by atoms with Crippen LogP contribution < -0.4 is 10.5 Å². The third-order valence-electron chi connectivity index (χ3n) is 3.26. The molecule has 1 unspecified atom stereocenters. The molecule has 2 aromatic rings. The second-order valence-corrected chi connectivity index (χ2v) is 4.85. The number of nitrogen functional groups attached to an aromatic ring is 1. The van der Waals surface area contributed by atoms with Gasteiger partial charge in [0.1, 0.15) is 23.5 Å². The number of ether oxygens (including phenoxy) is 1. The van der Waals surface area contributed by atoms with E-state index in [1.807, 2.05) is 12.1 Å². The highest BCUT2D eigenvalue weighted by Crippen LogP contribution is 2.18. The Morgan fingerprint density at radius 2 is 2.30 bits per heavy atom. The van der Waals surface area contributed by atoms with Gasteiger partial charge < -0.3 is 10.5 Å². The number of nitrogens with two attached hydrogens (primary N) is 1. The van der Waals surface area contributed by atoms with E-state index >= 15 is 0 Å². The highest BCUT2D eigenvalue weighted by atomic mass is 16.5. The van der Waals surface area contributed by atoms with E-state index in [0.717, 1.165) is 31.1 Å². The van der Waals surface area contributed by atoms with Crippen molar-refractivity contribution in [3.63, 3.8) is 0 Å². The van der Waals surface area contributed by atoms with Crippen LogP contribution >= 0.6 is 0 Å². The number of pyridine rings is 1. The van der Waals surface area contributed by atoms with Gasteiger partial charge in [-0.3, -0.25) is 9.88 Å². The van der Waals surface area contributed by atoms with E-state index in [1.54, 1.807) is 24.7 Å². The van der Waals surface area contributed by atoms with Crippen LogP contribution in [-0.2, 0) is 6.54 Å². The number of hydrogen-bond donors (Lipinski definition) is 1.